The molecule has 0 radical (unpaired) electrons. The lowest BCUT2D eigenvalue weighted by molar-refractivity contribution is 0.887. The van der Waals surface area contributed by atoms with E-state index in [1.54, 1.807) is 10.9 Å². The summed E-state index contributed by atoms with van der Waals surface area (Å²) in [7, 11) is 0. The number of nitrogen functional groups attached to an aromatic ring is 1. The molecule has 0 saturated heterocycles. The second-order valence-corrected chi connectivity index (χ2v) is 4.30. The van der Waals surface area contributed by atoms with Crippen molar-refractivity contribution in [1.82, 2.24) is 19.7 Å². The maximum Gasteiger partial charge on any atom is 0.226 e. The van der Waals surface area contributed by atoms with Gasteiger partial charge >= 0.3 is 0 Å². The number of hydrogen-bond donors (Lipinski definition) is 1. The molecular formula is C12H10ClN5. The van der Waals surface area contributed by atoms with Gasteiger partial charge in [-0.1, -0.05) is 18.2 Å². The highest BCUT2D eigenvalue weighted by atomic mass is 35.5. The molecule has 0 aliphatic heterocycles. The van der Waals surface area contributed by atoms with Crippen LogP contribution in [0.15, 0.2) is 30.5 Å². The molecule has 0 unspecified atom stereocenters. The van der Waals surface area contributed by atoms with Gasteiger partial charge in [-0.05, 0) is 30.2 Å². The number of halogens is 1. The van der Waals surface area contributed by atoms with Crippen molar-refractivity contribution in [2.24, 2.45) is 0 Å². The molecular weight excluding hydrogens is 250 g/mol. The maximum atomic E-state index is 5.84. The van der Waals surface area contributed by atoms with Crippen LogP contribution < -0.4 is 5.73 Å². The van der Waals surface area contributed by atoms with Gasteiger partial charge < -0.3 is 5.73 Å². The summed E-state index contributed by atoms with van der Waals surface area (Å²) in [6.07, 6.45) is 1.65. The van der Waals surface area contributed by atoms with Crippen molar-refractivity contribution in [3.05, 3.63) is 41.3 Å². The molecule has 0 bridgehead atoms. The van der Waals surface area contributed by atoms with Crippen LogP contribution in [0.2, 0.25) is 5.28 Å². The molecule has 0 amide bonds. The Balaban J connectivity index is 2.34. The molecule has 3 rings (SSSR count). The zero-order valence-electron chi connectivity index (χ0n) is 9.63. The number of aryl methyl sites for hydroxylation is 1. The molecule has 90 valence electrons. The van der Waals surface area contributed by atoms with Gasteiger partial charge in [0.25, 0.3) is 0 Å². The lowest BCUT2D eigenvalue weighted by Gasteiger charge is -2.06. The van der Waals surface area contributed by atoms with E-state index >= 15 is 0 Å². The van der Waals surface area contributed by atoms with Crippen molar-refractivity contribution in [3.63, 3.8) is 0 Å². The molecule has 18 heavy (non-hydrogen) atoms. The molecule has 0 aliphatic rings. The third kappa shape index (κ3) is 1.60. The second kappa shape index (κ2) is 3.96. The highest BCUT2D eigenvalue weighted by Gasteiger charge is 2.12. The van der Waals surface area contributed by atoms with Gasteiger partial charge in [-0.15, -0.1) is 0 Å². The first-order valence-corrected chi connectivity index (χ1v) is 5.77. The summed E-state index contributed by atoms with van der Waals surface area (Å²) >= 11 is 5.84. The van der Waals surface area contributed by atoms with E-state index < -0.39 is 0 Å². The number of rotatable bonds is 1. The number of aromatic nitrogens is 4. The average molecular weight is 260 g/mol. The quantitative estimate of drug-likeness (QED) is 0.681. The summed E-state index contributed by atoms with van der Waals surface area (Å²) in [6, 6.07) is 7.89. The van der Waals surface area contributed by atoms with Crippen molar-refractivity contribution in [1.29, 1.82) is 0 Å². The second-order valence-electron chi connectivity index (χ2n) is 3.96. The molecule has 0 saturated carbocycles. The zero-order chi connectivity index (χ0) is 12.7. The van der Waals surface area contributed by atoms with Crippen molar-refractivity contribution >= 4 is 28.5 Å². The SMILES string of the molecule is Cc1ccccc1-n1ncc2c(N)nc(Cl)nc21. The van der Waals surface area contributed by atoms with Gasteiger partial charge in [-0.2, -0.15) is 10.1 Å². The van der Waals surface area contributed by atoms with Crippen molar-refractivity contribution in [2.75, 3.05) is 5.73 Å². The molecule has 1 aromatic carbocycles. The van der Waals surface area contributed by atoms with Crippen molar-refractivity contribution < 1.29 is 0 Å². The van der Waals surface area contributed by atoms with Crippen LogP contribution in [-0.2, 0) is 0 Å². The fourth-order valence-corrected chi connectivity index (χ4v) is 2.05. The van der Waals surface area contributed by atoms with Crippen LogP contribution in [-0.4, -0.2) is 19.7 Å². The van der Waals surface area contributed by atoms with Crippen molar-refractivity contribution in [3.8, 4) is 5.69 Å². The van der Waals surface area contributed by atoms with Gasteiger partial charge in [0.2, 0.25) is 5.28 Å². The first-order valence-electron chi connectivity index (χ1n) is 5.39. The Hall–Kier alpha value is -2.14. The number of fused-ring (bicyclic) bond motifs is 1. The number of para-hydroxylation sites is 1. The van der Waals surface area contributed by atoms with E-state index in [0.29, 0.717) is 16.9 Å². The first kappa shape index (κ1) is 11.0. The molecule has 2 aromatic heterocycles. The Bertz CT molecular complexity index is 734. The predicted molar refractivity (Wildman–Crippen MR) is 70.8 cm³/mol. The summed E-state index contributed by atoms with van der Waals surface area (Å²) in [5.41, 5.74) is 8.45. The monoisotopic (exact) mass is 259 g/mol. The van der Waals surface area contributed by atoms with Crippen LogP contribution in [0.5, 0.6) is 0 Å². The van der Waals surface area contributed by atoms with Crippen LogP contribution in [0.4, 0.5) is 5.82 Å². The van der Waals surface area contributed by atoms with E-state index in [9.17, 15) is 0 Å². The molecule has 5 nitrogen and oxygen atoms in total. The molecule has 3 aromatic rings. The van der Waals surface area contributed by atoms with E-state index in [1.165, 1.54) is 0 Å². The van der Waals surface area contributed by atoms with Crippen LogP contribution in [0.1, 0.15) is 5.56 Å². The average Bonchev–Trinajstić information content (AvgIpc) is 2.73. The van der Waals surface area contributed by atoms with Crippen LogP contribution in [0.3, 0.4) is 0 Å². The molecule has 0 spiro atoms. The van der Waals surface area contributed by atoms with Crippen molar-refractivity contribution in [2.45, 2.75) is 6.92 Å². The number of nitrogens with two attached hydrogens (primary N) is 1. The Morgan fingerprint density at radius 3 is 2.78 bits per heavy atom. The van der Waals surface area contributed by atoms with E-state index in [0.717, 1.165) is 11.3 Å². The molecule has 2 N–H and O–H groups in total. The molecule has 6 heteroatoms. The van der Waals surface area contributed by atoms with Crippen LogP contribution in [0.25, 0.3) is 16.7 Å². The van der Waals surface area contributed by atoms with Gasteiger partial charge in [0.05, 0.1) is 17.3 Å². The van der Waals surface area contributed by atoms with Crippen LogP contribution in [0, 0.1) is 6.92 Å². The Morgan fingerprint density at radius 1 is 1.22 bits per heavy atom. The van der Waals surface area contributed by atoms with E-state index in [1.807, 2.05) is 31.2 Å². The summed E-state index contributed by atoms with van der Waals surface area (Å²) in [4.78, 5) is 8.10. The molecule has 0 fully saturated rings. The molecule has 0 atom stereocenters. The van der Waals surface area contributed by atoms with E-state index in [4.69, 9.17) is 17.3 Å². The highest BCUT2D eigenvalue weighted by Crippen LogP contribution is 2.23. The number of benzene rings is 1. The Morgan fingerprint density at radius 2 is 2.00 bits per heavy atom. The normalized spacial score (nSPS) is 11.0. The minimum absolute atomic E-state index is 0.121. The topological polar surface area (TPSA) is 69.6 Å². The largest absolute Gasteiger partial charge is 0.383 e. The van der Waals surface area contributed by atoms with E-state index in [-0.39, 0.29) is 5.28 Å². The zero-order valence-corrected chi connectivity index (χ0v) is 10.4. The maximum absolute atomic E-state index is 5.84. The summed E-state index contributed by atoms with van der Waals surface area (Å²) in [5.74, 6) is 0.338. The summed E-state index contributed by atoms with van der Waals surface area (Å²) < 4.78 is 1.72. The van der Waals surface area contributed by atoms with Gasteiger partial charge in [0.1, 0.15) is 5.82 Å². The van der Waals surface area contributed by atoms with Gasteiger partial charge in [0.15, 0.2) is 5.65 Å². The van der Waals surface area contributed by atoms with Gasteiger partial charge in [-0.25, -0.2) is 9.67 Å². The smallest absolute Gasteiger partial charge is 0.226 e. The third-order valence-corrected chi connectivity index (χ3v) is 2.94. The molecule has 0 aliphatic carbocycles. The molecule has 2 heterocycles. The lowest BCUT2D eigenvalue weighted by atomic mass is 10.2. The summed E-state index contributed by atoms with van der Waals surface area (Å²) in [6.45, 7) is 2.01. The number of nitrogens with zero attached hydrogens (tertiary/aromatic N) is 4. The number of anilines is 1. The Labute approximate surface area is 108 Å². The van der Waals surface area contributed by atoms with Gasteiger partial charge in [0, 0.05) is 0 Å². The standard InChI is InChI=1S/C12H10ClN5/c1-7-4-2-3-5-9(7)18-11-8(6-15-18)10(14)16-12(13)17-11/h2-6H,1H3,(H2,14,16,17). The lowest BCUT2D eigenvalue weighted by Crippen LogP contribution is -2.01. The van der Waals surface area contributed by atoms with Gasteiger partial charge in [-0.3, -0.25) is 0 Å². The van der Waals surface area contributed by atoms with Crippen LogP contribution >= 0.6 is 11.6 Å². The number of hydrogen-bond acceptors (Lipinski definition) is 4. The minimum Gasteiger partial charge on any atom is -0.383 e. The minimum atomic E-state index is 0.121. The predicted octanol–water partition coefficient (Wildman–Crippen LogP) is 2.36. The Kier molecular flexibility index (Phi) is 2.41. The first-order chi connectivity index (χ1) is 8.66. The fourth-order valence-electron chi connectivity index (χ4n) is 1.88. The highest BCUT2D eigenvalue weighted by molar-refractivity contribution is 6.28. The summed E-state index contributed by atoms with van der Waals surface area (Å²) in [5, 5.41) is 5.12. The third-order valence-electron chi connectivity index (χ3n) is 2.77. The van der Waals surface area contributed by atoms with E-state index in [2.05, 4.69) is 15.1 Å². The fraction of sp³-hybridized carbons (Fsp3) is 0.0833.